The average molecular weight is 91.2 g/mol. The highest BCUT2D eigenvalue weighted by molar-refractivity contribution is 6.47. The molecule has 0 fully saturated rings. The van der Waals surface area contributed by atoms with Crippen LogP contribution in [0.2, 0.25) is 13.1 Å². The standard InChI is InChI=1S/C2H7O2Si/c1-5(2)4-3/h5H,1-2H3. The van der Waals surface area contributed by atoms with E-state index in [4.69, 9.17) is 0 Å². The van der Waals surface area contributed by atoms with Crippen molar-refractivity contribution in [2.24, 2.45) is 0 Å². The molecule has 0 bridgehead atoms. The molecule has 0 rings (SSSR count). The second kappa shape index (κ2) is 2.38. The predicted molar refractivity (Wildman–Crippen MR) is 20.6 cm³/mol. The summed E-state index contributed by atoms with van der Waals surface area (Å²) in [7, 11) is -1.21. The van der Waals surface area contributed by atoms with Crippen LogP contribution in [0.3, 0.4) is 0 Å². The molecule has 0 amide bonds. The molecule has 0 atom stereocenters. The fourth-order valence-corrected chi connectivity index (χ4v) is 0. The van der Waals surface area contributed by atoms with Crippen LogP contribution in [0.5, 0.6) is 0 Å². The SMILES string of the molecule is C[SiH](C)O[O]. The van der Waals surface area contributed by atoms with Crippen LogP contribution in [0.4, 0.5) is 0 Å². The molecule has 0 aromatic carbocycles. The van der Waals surface area contributed by atoms with E-state index >= 15 is 0 Å². The summed E-state index contributed by atoms with van der Waals surface area (Å²) >= 11 is 0. The Hall–Kier alpha value is 0.137. The highest BCUT2D eigenvalue weighted by Gasteiger charge is 1.88. The minimum atomic E-state index is -1.21. The molecule has 5 heavy (non-hydrogen) atoms. The summed E-state index contributed by atoms with van der Waals surface area (Å²) in [5.41, 5.74) is 0. The maximum absolute atomic E-state index is 9.19. The molecule has 0 saturated carbocycles. The highest BCUT2D eigenvalue weighted by atomic mass is 28.3. The zero-order chi connectivity index (χ0) is 4.28. The normalized spacial score (nSPS) is 9.60. The highest BCUT2D eigenvalue weighted by Crippen LogP contribution is 1.73. The van der Waals surface area contributed by atoms with Crippen molar-refractivity contribution >= 4 is 9.04 Å². The van der Waals surface area contributed by atoms with E-state index in [0.29, 0.717) is 0 Å². The number of hydrogen-bond acceptors (Lipinski definition) is 1. The largest absolute Gasteiger partial charge is 0.259 e. The monoisotopic (exact) mass is 91.0 g/mol. The van der Waals surface area contributed by atoms with Crippen molar-refractivity contribution in [3.05, 3.63) is 0 Å². The molecule has 0 aliphatic heterocycles. The van der Waals surface area contributed by atoms with Gasteiger partial charge in [-0.3, -0.25) is 4.58 Å². The van der Waals surface area contributed by atoms with E-state index in [1.54, 1.807) is 0 Å². The van der Waals surface area contributed by atoms with Crippen LogP contribution in [0, 0.1) is 0 Å². The third-order valence-corrected chi connectivity index (χ3v) is 0.577. The summed E-state index contributed by atoms with van der Waals surface area (Å²) in [4.78, 5) is 0. The van der Waals surface area contributed by atoms with E-state index in [2.05, 4.69) is 4.58 Å². The molecule has 0 saturated heterocycles. The van der Waals surface area contributed by atoms with Crippen LogP contribution in [0.15, 0.2) is 0 Å². The Bertz CT molecular complexity index is 21.6. The van der Waals surface area contributed by atoms with Gasteiger partial charge in [-0.1, -0.05) is 0 Å². The van der Waals surface area contributed by atoms with Crippen molar-refractivity contribution in [3.8, 4) is 0 Å². The van der Waals surface area contributed by atoms with Crippen molar-refractivity contribution in [1.29, 1.82) is 0 Å². The molecular weight excluding hydrogens is 84.1 g/mol. The summed E-state index contributed by atoms with van der Waals surface area (Å²) in [6.07, 6.45) is 0. The number of rotatable bonds is 1. The topological polar surface area (TPSA) is 29.1 Å². The van der Waals surface area contributed by atoms with Gasteiger partial charge in [-0.05, 0) is 18.4 Å². The maximum Gasteiger partial charge on any atom is 0.222 e. The van der Waals surface area contributed by atoms with Crippen molar-refractivity contribution in [2.75, 3.05) is 0 Å². The second-order valence-corrected chi connectivity index (χ2v) is 3.43. The minimum absolute atomic E-state index is 1.21. The summed E-state index contributed by atoms with van der Waals surface area (Å²) in [6.45, 7) is 3.65. The van der Waals surface area contributed by atoms with Gasteiger partial charge >= 0.3 is 0 Å². The molecule has 0 aromatic rings. The molecule has 0 aliphatic rings. The molecular formula is C2H7O2Si. The second-order valence-electron chi connectivity index (χ2n) is 1.14. The van der Waals surface area contributed by atoms with E-state index in [-0.39, 0.29) is 0 Å². The maximum atomic E-state index is 9.19. The molecule has 1 radical (unpaired) electrons. The van der Waals surface area contributed by atoms with Crippen molar-refractivity contribution in [3.63, 3.8) is 0 Å². The Kier molecular flexibility index (Phi) is 2.44. The molecule has 0 N–H and O–H groups in total. The summed E-state index contributed by atoms with van der Waals surface area (Å²) < 4.78 is 3.64. The molecule has 2 nitrogen and oxygen atoms in total. The lowest BCUT2D eigenvalue weighted by atomic mass is 11.9. The van der Waals surface area contributed by atoms with Crippen LogP contribution in [0.25, 0.3) is 0 Å². The first-order valence-corrected chi connectivity index (χ1v) is 4.34. The predicted octanol–water partition coefficient (Wildman–Crippen LogP) is 0.332. The molecule has 0 spiro atoms. The summed E-state index contributed by atoms with van der Waals surface area (Å²) in [5, 5.41) is 9.19. The first kappa shape index (κ1) is 5.14. The van der Waals surface area contributed by atoms with Gasteiger partial charge in [-0.25, -0.2) is 0 Å². The van der Waals surface area contributed by atoms with Crippen molar-refractivity contribution < 1.29 is 9.83 Å². The minimum Gasteiger partial charge on any atom is -0.259 e. The zero-order valence-corrected chi connectivity index (χ0v) is 4.55. The van der Waals surface area contributed by atoms with Gasteiger partial charge in [0.15, 0.2) is 0 Å². The van der Waals surface area contributed by atoms with Gasteiger partial charge in [0.2, 0.25) is 9.04 Å². The van der Waals surface area contributed by atoms with E-state index in [1.165, 1.54) is 0 Å². The number of hydrogen-bond donors (Lipinski definition) is 0. The van der Waals surface area contributed by atoms with Crippen LogP contribution >= 0.6 is 0 Å². The molecule has 0 unspecified atom stereocenters. The van der Waals surface area contributed by atoms with E-state index in [0.717, 1.165) is 0 Å². The lowest BCUT2D eigenvalue weighted by molar-refractivity contribution is -0.214. The van der Waals surface area contributed by atoms with Gasteiger partial charge in [0.1, 0.15) is 0 Å². The van der Waals surface area contributed by atoms with Crippen LogP contribution in [0.1, 0.15) is 0 Å². The quantitative estimate of drug-likeness (QED) is 0.260. The molecule has 31 valence electrons. The Morgan fingerprint density at radius 1 is 1.60 bits per heavy atom. The van der Waals surface area contributed by atoms with Gasteiger partial charge in [0, 0.05) is 0 Å². The van der Waals surface area contributed by atoms with Gasteiger partial charge in [-0.15, -0.1) is 0 Å². The Labute approximate surface area is 33.0 Å². The molecule has 0 aromatic heterocycles. The third-order valence-electron chi connectivity index (χ3n) is 0.192. The Balaban J connectivity index is 2.54. The van der Waals surface area contributed by atoms with E-state index < -0.39 is 9.04 Å². The lowest BCUT2D eigenvalue weighted by Gasteiger charge is -1.85. The van der Waals surface area contributed by atoms with E-state index in [9.17, 15) is 5.26 Å². The Morgan fingerprint density at radius 3 is 1.80 bits per heavy atom. The molecule has 3 heteroatoms. The van der Waals surface area contributed by atoms with Crippen LogP contribution in [-0.4, -0.2) is 9.04 Å². The molecule has 0 heterocycles. The lowest BCUT2D eigenvalue weighted by Crippen LogP contribution is -2.00. The zero-order valence-electron chi connectivity index (χ0n) is 3.39. The van der Waals surface area contributed by atoms with Crippen LogP contribution in [-0.2, 0) is 9.83 Å². The van der Waals surface area contributed by atoms with Gasteiger partial charge in [0.05, 0.1) is 0 Å². The molecule has 0 aliphatic carbocycles. The van der Waals surface area contributed by atoms with Gasteiger partial charge in [0.25, 0.3) is 0 Å². The van der Waals surface area contributed by atoms with Crippen molar-refractivity contribution in [2.45, 2.75) is 13.1 Å². The van der Waals surface area contributed by atoms with Crippen LogP contribution < -0.4 is 0 Å². The van der Waals surface area contributed by atoms with Gasteiger partial charge < -0.3 is 0 Å². The Morgan fingerprint density at radius 2 is 1.80 bits per heavy atom. The summed E-state index contributed by atoms with van der Waals surface area (Å²) in [6, 6.07) is 0. The summed E-state index contributed by atoms with van der Waals surface area (Å²) in [5.74, 6) is 0. The van der Waals surface area contributed by atoms with Crippen molar-refractivity contribution in [1.82, 2.24) is 0 Å². The van der Waals surface area contributed by atoms with E-state index in [1.807, 2.05) is 13.1 Å². The first-order valence-electron chi connectivity index (χ1n) is 1.56. The average Bonchev–Trinajstić information content (AvgIpc) is 1.38. The fraction of sp³-hybridized carbons (Fsp3) is 1.00. The fourth-order valence-electron chi connectivity index (χ4n) is 0. The smallest absolute Gasteiger partial charge is 0.222 e. The first-order chi connectivity index (χ1) is 2.27. The third kappa shape index (κ3) is 4.14. The van der Waals surface area contributed by atoms with Gasteiger partial charge in [-0.2, -0.15) is 0 Å².